The van der Waals surface area contributed by atoms with Gasteiger partial charge in [-0.2, -0.15) is 0 Å². The van der Waals surface area contributed by atoms with Gasteiger partial charge in [-0.1, -0.05) is 11.6 Å². The summed E-state index contributed by atoms with van der Waals surface area (Å²) in [7, 11) is -2.16. The Morgan fingerprint density at radius 2 is 2.20 bits per heavy atom. The van der Waals surface area contributed by atoms with Crippen LogP contribution >= 0.6 is 11.6 Å². The molecule has 0 aromatic heterocycles. The van der Waals surface area contributed by atoms with Gasteiger partial charge >= 0.3 is 0 Å². The number of hydrogen-bond donors (Lipinski definition) is 2. The molecule has 7 heteroatoms. The molecule has 2 rings (SSSR count). The van der Waals surface area contributed by atoms with E-state index in [9.17, 15) is 8.42 Å². The van der Waals surface area contributed by atoms with Crippen molar-refractivity contribution in [1.29, 1.82) is 0 Å². The van der Waals surface area contributed by atoms with Crippen molar-refractivity contribution in [3.8, 4) is 5.75 Å². The van der Waals surface area contributed by atoms with Gasteiger partial charge in [0.25, 0.3) is 0 Å². The van der Waals surface area contributed by atoms with Crippen molar-refractivity contribution in [3.05, 3.63) is 23.2 Å². The second-order valence-electron chi connectivity index (χ2n) is 4.98. The van der Waals surface area contributed by atoms with Crippen molar-refractivity contribution in [1.82, 2.24) is 4.72 Å². The average Bonchev–Trinajstić information content (AvgIpc) is 2.86. The van der Waals surface area contributed by atoms with Gasteiger partial charge in [-0.3, -0.25) is 0 Å². The van der Waals surface area contributed by atoms with Gasteiger partial charge in [0.15, 0.2) is 0 Å². The minimum Gasteiger partial charge on any atom is -0.495 e. The van der Waals surface area contributed by atoms with Crippen molar-refractivity contribution in [3.63, 3.8) is 0 Å². The largest absolute Gasteiger partial charge is 0.495 e. The lowest BCUT2D eigenvalue weighted by molar-refractivity contribution is 0.228. The number of ether oxygens (including phenoxy) is 1. The zero-order valence-electron chi connectivity index (χ0n) is 11.2. The van der Waals surface area contributed by atoms with E-state index in [0.717, 1.165) is 12.8 Å². The summed E-state index contributed by atoms with van der Waals surface area (Å²) < 4.78 is 32.3. The summed E-state index contributed by atoms with van der Waals surface area (Å²) in [6, 6.07) is 4.23. The lowest BCUT2D eigenvalue weighted by Crippen LogP contribution is -2.33. The first-order valence-electron chi connectivity index (χ1n) is 6.43. The number of aliphatic hydroxyl groups is 1. The number of nitrogens with one attached hydrogen (secondary N) is 1. The zero-order chi connectivity index (χ0) is 14.8. The first kappa shape index (κ1) is 15.6. The van der Waals surface area contributed by atoms with E-state index in [1.54, 1.807) is 0 Å². The molecule has 0 radical (unpaired) electrons. The summed E-state index contributed by atoms with van der Waals surface area (Å²) in [5.41, 5.74) is 0. The SMILES string of the molecule is COc1cc(S(=O)(=O)N[C@H]2CC[C@@H](CO)C2)ccc1Cl. The molecule has 1 aromatic rings. The number of methoxy groups -OCH3 is 1. The maximum Gasteiger partial charge on any atom is 0.240 e. The van der Waals surface area contributed by atoms with Crippen LogP contribution in [0.15, 0.2) is 23.1 Å². The smallest absolute Gasteiger partial charge is 0.240 e. The Balaban J connectivity index is 2.14. The van der Waals surface area contributed by atoms with Gasteiger partial charge in [0.2, 0.25) is 10.0 Å². The predicted molar refractivity (Wildman–Crippen MR) is 76.5 cm³/mol. The fourth-order valence-corrected chi connectivity index (χ4v) is 3.94. The minimum absolute atomic E-state index is 0.104. The third kappa shape index (κ3) is 3.44. The standard InChI is InChI=1S/C13H18ClNO4S/c1-19-13-7-11(4-5-12(13)14)20(17,18)15-10-3-2-9(6-10)8-16/h4-5,7,9-10,15-16H,2-3,6,8H2,1H3/t9-,10+/m1/s1. The molecular weight excluding hydrogens is 302 g/mol. The molecular formula is C13H18ClNO4S. The van der Waals surface area contributed by atoms with E-state index in [0.29, 0.717) is 17.2 Å². The van der Waals surface area contributed by atoms with Gasteiger partial charge < -0.3 is 9.84 Å². The van der Waals surface area contributed by atoms with Gasteiger partial charge in [0.05, 0.1) is 17.0 Å². The molecule has 1 aromatic carbocycles. The molecule has 1 fully saturated rings. The van der Waals surface area contributed by atoms with Gasteiger partial charge in [-0.05, 0) is 37.3 Å². The van der Waals surface area contributed by atoms with Crippen molar-refractivity contribution >= 4 is 21.6 Å². The molecule has 1 aliphatic rings. The Hall–Kier alpha value is -0.820. The highest BCUT2D eigenvalue weighted by molar-refractivity contribution is 7.89. The maximum atomic E-state index is 12.3. The van der Waals surface area contributed by atoms with Crippen LogP contribution in [0, 0.1) is 5.92 Å². The molecule has 0 heterocycles. The first-order chi connectivity index (χ1) is 9.46. The zero-order valence-corrected chi connectivity index (χ0v) is 12.7. The van der Waals surface area contributed by atoms with Crippen LogP contribution in [0.25, 0.3) is 0 Å². The number of halogens is 1. The fourth-order valence-electron chi connectivity index (χ4n) is 2.44. The van der Waals surface area contributed by atoms with E-state index in [2.05, 4.69) is 4.72 Å². The van der Waals surface area contributed by atoms with Gasteiger partial charge in [0.1, 0.15) is 5.75 Å². The predicted octanol–water partition coefficient (Wildman–Crippen LogP) is 1.79. The minimum atomic E-state index is -3.59. The summed E-state index contributed by atoms with van der Waals surface area (Å²) in [5.74, 6) is 0.511. The molecule has 1 saturated carbocycles. The summed E-state index contributed by atoms with van der Waals surface area (Å²) in [6.07, 6.45) is 2.25. The van der Waals surface area contributed by atoms with E-state index in [-0.39, 0.29) is 23.5 Å². The van der Waals surface area contributed by atoms with Gasteiger partial charge in [0, 0.05) is 18.7 Å². The highest BCUT2D eigenvalue weighted by atomic mass is 35.5. The van der Waals surface area contributed by atoms with Crippen LogP contribution in [0.3, 0.4) is 0 Å². The van der Waals surface area contributed by atoms with Crippen molar-refractivity contribution in [2.45, 2.75) is 30.2 Å². The lowest BCUT2D eigenvalue weighted by atomic mass is 10.1. The second-order valence-corrected chi connectivity index (χ2v) is 7.10. The summed E-state index contributed by atoms with van der Waals surface area (Å²) >= 11 is 5.89. The molecule has 112 valence electrons. The molecule has 0 saturated heterocycles. The van der Waals surface area contributed by atoms with E-state index in [1.807, 2.05) is 0 Å². The first-order valence-corrected chi connectivity index (χ1v) is 8.29. The Morgan fingerprint density at radius 3 is 2.80 bits per heavy atom. The van der Waals surface area contributed by atoms with E-state index in [1.165, 1.54) is 25.3 Å². The molecule has 0 unspecified atom stereocenters. The lowest BCUT2D eigenvalue weighted by Gasteiger charge is -2.14. The number of sulfonamides is 1. The number of aliphatic hydroxyl groups excluding tert-OH is 1. The van der Waals surface area contributed by atoms with Crippen molar-refractivity contribution in [2.75, 3.05) is 13.7 Å². The summed E-state index contributed by atoms with van der Waals surface area (Å²) in [4.78, 5) is 0.131. The topological polar surface area (TPSA) is 75.6 Å². The number of benzene rings is 1. The third-order valence-electron chi connectivity index (χ3n) is 3.55. The molecule has 0 aliphatic heterocycles. The third-order valence-corrected chi connectivity index (χ3v) is 5.38. The second kappa shape index (κ2) is 6.30. The Morgan fingerprint density at radius 1 is 1.45 bits per heavy atom. The molecule has 1 aliphatic carbocycles. The van der Waals surface area contributed by atoms with Crippen LogP contribution in [-0.2, 0) is 10.0 Å². The van der Waals surface area contributed by atoms with Crippen LogP contribution in [0.2, 0.25) is 5.02 Å². The summed E-state index contributed by atoms with van der Waals surface area (Å²) in [6.45, 7) is 0.104. The van der Waals surface area contributed by atoms with E-state index in [4.69, 9.17) is 21.4 Å². The van der Waals surface area contributed by atoms with Crippen LogP contribution in [0.4, 0.5) is 0 Å². The quantitative estimate of drug-likeness (QED) is 0.867. The number of rotatable bonds is 5. The Kier molecular flexibility index (Phi) is 4.90. The van der Waals surface area contributed by atoms with Crippen molar-refractivity contribution < 1.29 is 18.3 Å². The van der Waals surface area contributed by atoms with Crippen LogP contribution in [0.5, 0.6) is 5.75 Å². The van der Waals surface area contributed by atoms with Crippen molar-refractivity contribution in [2.24, 2.45) is 5.92 Å². The highest BCUT2D eigenvalue weighted by Gasteiger charge is 2.28. The van der Waals surface area contributed by atoms with Crippen LogP contribution < -0.4 is 9.46 Å². The maximum absolute atomic E-state index is 12.3. The molecule has 20 heavy (non-hydrogen) atoms. The molecule has 2 N–H and O–H groups in total. The molecule has 0 bridgehead atoms. The van der Waals surface area contributed by atoms with Crippen LogP contribution in [-0.4, -0.2) is 33.3 Å². The molecule has 2 atom stereocenters. The Labute approximate surface area is 124 Å². The van der Waals surface area contributed by atoms with Gasteiger partial charge in [-0.25, -0.2) is 13.1 Å². The van der Waals surface area contributed by atoms with E-state index < -0.39 is 10.0 Å². The van der Waals surface area contributed by atoms with E-state index >= 15 is 0 Å². The molecule has 5 nitrogen and oxygen atoms in total. The normalized spacial score (nSPS) is 22.9. The number of hydrogen-bond acceptors (Lipinski definition) is 4. The summed E-state index contributed by atoms with van der Waals surface area (Å²) in [5, 5.41) is 9.46. The molecule has 0 amide bonds. The Bertz CT molecular complexity index is 576. The highest BCUT2D eigenvalue weighted by Crippen LogP contribution is 2.29. The monoisotopic (exact) mass is 319 g/mol. The molecule has 0 spiro atoms. The fraction of sp³-hybridized carbons (Fsp3) is 0.538. The van der Waals surface area contributed by atoms with Crippen LogP contribution in [0.1, 0.15) is 19.3 Å². The van der Waals surface area contributed by atoms with Gasteiger partial charge in [-0.15, -0.1) is 0 Å². The average molecular weight is 320 g/mol.